The van der Waals surface area contributed by atoms with Gasteiger partial charge in [0.15, 0.2) is 11.3 Å². The molecule has 2 aromatic rings. The van der Waals surface area contributed by atoms with Crippen LogP contribution in [-0.4, -0.2) is 37.9 Å². The van der Waals surface area contributed by atoms with Gasteiger partial charge in [-0.1, -0.05) is 0 Å². The average molecular weight is 264 g/mol. The highest BCUT2D eigenvalue weighted by molar-refractivity contribution is 5.42. The van der Waals surface area contributed by atoms with E-state index < -0.39 is 6.10 Å². The zero-order valence-corrected chi connectivity index (χ0v) is 10.7. The lowest BCUT2D eigenvalue weighted by Crippen LogP contribution is -2.21. The lowest BCUT2D eigenvalue weighted by atomic mass is 10.00. The summed E-state index contributed by atoms with van der Waals surface area (Å²) in [7, 11) is 0. The van der Waals surface area contributed by atoms with E-state index in [9.17, 15) is 9.90 Å². The maximum absolute atomic E-state index is 11.9. The molecule has 0 spiro atoms. The number of hydrogen-bond acceptors (Lipinski definition) is 5. The Balaban J connectivity index is 2.12. The molecular weight excluding hydrogens is 248 g/mol. The van der Waals surface area contributed by atoms with Gasteiger partial charge in [-0.25, -0.2) is 9.50 Å². The Hall–Kier alpha value is -1.73. The molecule has 2 aromatic heterocycles. The molecule has 2 N–H and O–H groups in total. The van der Waals surface area contributed by atoms with E-state index >= 15 is 0 Å². The Morgan fingerprint density at radius 1 is 1.53 bits per heavy atom. The molecule has 7 heteroatoms. The molecule has 19 heavy (non-hydrogen) atoms. The minimum atomic E-state index is -0.818. The van der Waals surface area contributed by atoms with Gasteiger partial charge in [0.25, 0.3) is 5.56 Å². The number of aromatic amines is 1. The first-order valence-corrected chi connectivity index (χ1v) is 6.40. The highest BCUT2D eigenvalue weighted by Crippen LogP contribution is 2.25. The number of aliphatic hydroxyl groups is 1. The number of nitrogens with zero attached hydrogens (tertiary/aromatic N) is 3. The lowest BCUT2D eigenvalue weighted by molar-refractivity contribution is 0.0832. The topological polar surface area (TPSA) is 92.5 Å². The fraction of sp³-hybridized carbons (Fsp3) is 0.583. The Morgan fingerprint density at radius 2 is 2.26 bits per heavy atom. The molecule has 3 heterocycles. The molecule has 0 bridgehead atoms. The molecule has 0 radical (unpaired) electrons. The highest BCUT2D eigenvalue weighted by atomic mass is 16.5. The molecule has 1 unspecified atom stereocenters. The normalized spacial score (nSPS) is 18.8. The standard InChI is InChI=1S/C12H16N4O3/c1-7(17)10-14-12(18)9-6-13-11(16(9)15-10)8-2-4-19-5-3-8/h6-8,17H,2-5H2,1H3,(H,14,15,18). The van der Waals surface area contributed by atoms with Gasteiger partial charge in [0.2, 0.25) is 0 Å². The number of H-pyrrole nitrogens is 1. The summed E-state index contributed by atoms with van der Waals surface area (Å²) in [5.41, 5.74) is 0.127. The first-order chi connectivity index (χ1) is 9.16. The predicted octanol–water partition coefficient (Wildman–Crippen LogP) is 0.365. The summed E-state index contributed by atoms with van der Waals surface area (Å²) in [6, 6.07) is 0. The van der Waals surface area contributed by atoms with Crippen molar-refractivity contribution in [1.82, 2.24) is 19.6 Å². The quantitative estimate of drug-likeness (QED) is 0.817. The van der Waals surface area contributed by atoms with Gasteiger partial charge in [0.1, 0.15) is 11.9 Å². The van der Waals surface area contributed by atoms with Gasteiger partial charge in [0.05, 0.1) is 6.20 Å². The van der Waals surface area contributed by atoms with E-state index in [1.54, 1.807) is 11.4 Å². The first kappa shape index (κ1) is 12.3. The SMILES string of the molecule is CC(O)c1nn2c(C3CCOCC3)ncc2c(=O)[nH]1. The number of rotatable bonds is 2. The van der Waals surface area contributed by atoms with Crippen molar-refractivity contribution < 1.29 is 9.84 Å². The van der Waals surface area contributed by atoms with Crippen molar-refractivity contribution in [2.24, 2.45) is 0 Å². The molecule has 3 rings (SSSR count). The molecule has 1 saturated heterocycles. The highest BCUT2D eigenvalue weighted by Gasteiger charge is 2.22. The van der Waals surface area contributed by atoms with Crippen LogP contribution in [0, 0.1) is 0 Å². The first-order valence-electron chi connectivity index (χ1n) is 6.40. The van der Waals surface area contributed by atoms with E-state index in [2.05, 4.69) is 15.1 Å². The van der Waals surface area contributed by atoms with E-state index in [1.165, 1.54) is 6.20 Å². The largest absolute Gasteiger partial charge is 0.385 e. The van der Waals surface area contributed by atoms with Crippen molar-refractivity contribution in [3.05, 3.63) is 28.2 Å². The number of aromatic nitrogens is 4. The number of ether oxygens (including phenoxy) is 1. The van der Waals surface area contributed by atoms with Crippen LogP contribution < -0.4 is 5.56 Å². The van der Waals surface area contributed by atoms with Crippen molar-refractivity contribution >= 4 is 5.52 Å². The number of nitrogens with one attached hydrogen (secondary N) is 1. The summed E-state index contributed by atoms with van der Waals surface area (Å²) in [4.78, 5) is 18.8. The molecule has 1 aliphatic heterocycles. The Morgan fingerprint density at radius 3 is 2.95 bits per heavy atom. The fourth-order valence-corrected chi connectivity index (χ4v) is 2.36. The monoisotopic (exact) mass is 264 g/mol. The van der Waals surface area contributed by atoms with Crippen molar-refractivity contribution in [2.75, 3.05) is 13.2 Å². The predicted molar refractivity (Wildman–Crippen MR) is 67.0 cm³/mol. The van der Waals surface area contributed by atoms with Gasteiger partial charge in [-0.2, -0.15) is 0 Å². The third-order valence-electron chi connectivity index (χ3n) is 3.43. The lowest BCUT2D eigenvalue weighted by Gasteiger charge is -2.20. The van der Waals surface area contributed by atoms with Crippen LogP contribution in [0.5, 0.6) is 0 Å². The minimum Gasteiger partial charge on any atom is -0.385 e. The van der Waals surface area contributed by atoms with Crippen LogP contribution in [0.25, 0.3) is 5.52 Å². The van der Waals surface area contributed by atoms with Crippen LogP contribution in [0.4, 0.5) is 0 Å². The van der Waals surface area contributed by atoms with Crippen LogP contribution in [0.1, 0.15) is 43.4 Å². The maximum Gasteiger partial charge on any atom is 0.277 e. The van der Waals surface area contributed by atoms with Gasteiger partial charge >= 0.3 is 0 Å². The fourth-order valence-electron chi connectivity index (χ4n) is 2.36. The van der Waals surface area contributed by atoms with E-state index in [0.29, 0.717) is 18.7 Å². The Bertz CT molecular complexity index is 640. The van der Waals surface area contributed by atoms with Crippen LogP contribution in [-0.2, 0) is 4.74 Å². The van der Waals surface area contributed by atoms with Gasteiger partial charge in [0, 0.05) is 19.1 Å². The maximum atomic E-state index is 11.9. The van der Waals surface area contributed by atoms with Crippen LogP contribution in [0.3, 0.4) is 0 Å². The van der Waals surface area contributed by atoms with Crippen LogP contribution in [0.15, 0.2) is 11.0 Å². The molecule has 7 nitrogen and oxygen atoms in total. The molecule has 0 amide bonds. The van der Waals surface area contributed by atoms with E-state index in [-0.39, 0.29) is 17.3 Å². The summed E-state index contributed by atoms with van der Waals surface area (Å²) in [6.45, 7) is 2.97. The summed E-state index contributed by atoms with van der Waals surface area (Å²) >= 11 is 0. The summed E-state index contributed by atoms with van der Waals surface area (Å²) in [5.74, 6) is 1.27. The molecular formula is C12H16N4O3. The molecule has 0 aromatic carbocycles. The second kappa shape index (κ2) is 4.75. The zero-order chi connectivity index (χ0) is 13.4. The molecule has 1 aliphatic rings. The van der Waals surface area contributed by atoms with Gasteiger partial charge in [-0.3, -0.25) is 4.79 Å². The van der Waals surface area contributed by atoms with Crippen molar-refractivity contribution in [2.45, 2.75) is 31.8 Å². The third-order valence-corrected chi connectivity index (χ3v) is 3.43. The summed E-state index contributed by atoms with van der Waals surface area (Å²) in [6.07, 6.45) is 2.46. The van der Waals surface area contributed by atoms with E-state index in [1.807, 2.05) is 0 Å². The van der Waals surface area contributed by atoms with E-state index in [4.69, 9.17) is 4.74 Å². The molecule has 1 atom stereocenters. The van der Waals surface area contributed by atoms with E-state index in [0.717, 1.165) is 18.7 Å². The number of aliphatic hydroxyl groups excluding tert-OH is 1. The van der Waals surface area contributed by atoms with Gasteiger partial charge in [-0.15, -0.1) is 5.10 Å². The second-order valence-corrected chi connectivity index (χ2v) is 4.82. The minimum absolute atomic E-state index is 0.243. The molecule has 102 valence electrons. The number of hydrogen-bond donors (Lipinski definition) is 2. The Labute approximate surface area is 109 Å². The van der Waals surface area contributed by atoms with Gasteiger partial charge < -0.3 is 14.8 Å². The Kier molecular flexibility index (Phi) is 3.08. The number of imidazole rings is 1. The third kappa shape index (κ3) is 2.15. The average Bonchev–Trinajstić information content (AvgIpc) is 2.84. The van der Waals surface area contributed by atoms with Crippen molar-refractivity contribution in [3.8, 4) is 0 Å². The summed E-state index contributed by atoms with van der Waals surface area (Å²) < 4.78 is 6.88. The second-order valence-electron chi connectivity index (χ2n) is 4.82. The smallest absolute Gasteiger partial charge is 0.277 e. The van der Waals surface area contributed by atoms with Crippen LogP contribution in [0.2, 0.25) is 0 Å². The molecule has 0 saturated carbocycles. The summed E-state index contributed by atoms with van der Waals surface area (Å²) in [5, 5.41) is 13.8. The number of fused-ring (bicyclic) bond motifs is 1. The molecule has 0 aliphatic carbocycles. The van der Waals surface area contributed by atoms with Gasteiger partial charge in [-0.05, 0) is 19.8 Å². The zero-order valence-electron chi connectivity index (χ0n) is 10.7. The van der Waals surface area contributed by atoms with Crippen molar-refractivity contribution in [1.29, 1.82) is 0 Å². The molecule has 1 fully saturated rings. The van der Waals surface area contributed by atoms with Crippen LogP contribution >= 0.6 is 0 Å². The van der Waals surface area contributed by atoms with Crippen molar-refractivity contribution in [3.63, 3.8) is 0 Å².